The second-order valence-corrected chi connectivity index (χ2v) is 10.5. The van der Waals surface area contributed by atoms with Crippen molar-refractivity contribution in [1.29, 1.82) is 0 Å². The summed E-state index contributed by atoms with van der Waals surface area (Å²) in [6, 6.07) is 18.6. The fourth-order valence-corrected chi connectivity index (χ4v) is 3.67. The predicted octanol–water partition coefficient (Wildman–Crippen LogP) is 5.69. The highest BCUT2D eigenvalue weighted by Gasteiger charge is 2.39. The molecule has 2 heterocycles. The molecule has 4 aromatic rings. The van der Waals surface area contributed by atoms with E-state index < -0.39 is 36.4 Å². The summed E-state index contributed by atoms with van der Waals surface area (Å²) in [5.41, 5.74) is 15.2. The monoisotopic (exact) mass is 802 g/mol. The molecule has 4 rings (SSSR count). The zero-order valence-corrected chi connectivity index (χ0v) is 27.6. The van der Waals surface area contributed by atoms with Crippen LogP contribution in [0, 0.1) is 0 Å². The maximum atomic E-state index is 12.4. The average molecular weight is 803 g/mol. The van der Waals surface area contributed by atoms with Crippen LogP contribution in [-0.2, 0) is 21.0 Å². The molecule has 54 heavy (non-hydrogen) atoms. The van der Waals surface area contributed by atoms with Gasteiger partial charge in [-0.25, -0.2) is 24.4 Å². The first-order chi connectivity index (χ1) is 24.9. The highest BCUT2D eigenvalue weighted by Crippen LogP contribution is 2.31. The number of nitrogens with one attached hydrogen (secondary N) is 2. The minimum Gasteiger partial charge on any atom is -0.488 e. The van der Waals surface area contributed by atoms with Gasteiger partial charge in [-0.15, -0.1) is 11.3 Å². The lowest BCUT2D eigenvalue weighted by molar-refractivity contribution is -0.193. The number of carboxylic acids is 3. The number of nitrogen functional groups attached to an aromatic ring is 2. The predicted molar refractivity (Wildman–Crippen MR) is 173 cm³/mol. The summed E-state index contributed by atoms with van der Waals surface area (Å²) >= 11 is 1.39. The van der Waals surface area contributed by atoms with Crippen LogP contribution in [0.4, 0.5) is 56.2 Å². The van der Waals surface area contributed by atoms with Crippen LogP contribution in [0.25, 0.3) is 11.3 Å². The number of hydrogen-bond acceptors (Lipinski definition) is 11. The van der Waals surface area contributed by atoms with E-state index in [0.29, 0.717) is 41.9 Å². The molecule has 24 heteroatoms. The molecular formula is C30H27F9N6O8S. The van der Waals surface area contributed by atoms with Gasteiger partial charge in [0.25, 0.3) is 5.91 Å². The summed E-state index contributed by atoms with van der Waals surface area (Å²) in [5, 5.41) is 29.8. The highest BCUT2D eigenvalue weighted by molar-refractivity contribution is 7.13. The van der Waals surface area contributed by atoms with E-state index in [4.69, 9.17) is 45.9 Å². The van der Waals surface area contributed by atoms with E-state index in [9.17, 15) is 44.3 Å². The van der Waals surface area contributed by atoms with Crippen molar-refractivity contribution in [1.82, 2.24) is 15.3 Å². The van der Waals surface area contributed by atoms with Crippen molar-refractivity contribution in [3.8, 4) is 17.0 Å². The lowest BCUT2D eigenvalue weighted by Gasteiger charge is -2.11. The molecule has 14 nitrogen and oxygen atoms in total. The fourth-order valence-electron chi connectivity index (χ4n) is 3.11. The summed E-state index contributed by atoms with van der Waals surface area (Å²) in [6.07, 6.45) is -13.7. The number of halogens is 9. The molecule has 0 bridgehead atoms. The van der Waals surface area contributed by atoms with Gasteiger partial charge in [-0.3, -0.25) is 4.79 Å². The number of carboxylic acid groups (broad SMARTS) is 3. The first-order valence-corrected chi connectivity index (χ1v) is 15.0. The SMILES string of the molecule is Nc1ccc(NCCNC(=O)c2ccc(COc3ccccc3-c3csc(N)n3)cc2)nc1.O=C(O)C(F)(F)F.O=C(O)C(F)(F)F.O=C(O)C(F)(F)F. The maximum absolute atomic E-state index is 12.4. The molecular weight excluding hydrogens is 775 g/mol. The number of thiazole rings is 1. The van der Waals surface area contributed by atoms with Crippen molar-refractivity contribution < 1.29 is 78.7 Å². The van der Waals surface area contributed by atoms with Crippen LogP contribution in [0.2, 0.25) is 0 Å². The van der Waals surface area contributed by atoms with E-state index in [-0.39, 0.29) is 5.91 Å². The van der Waals surface area contributed by atoms with Crippen LogP contribution >= 0.6 is 11.3 Å². The highest BCUT2D eigenvalue weighted by atomic mass is 32.1. The van der Waals surface area contributed by atoms with Gasteiger partial charge >= 0.3 is 36.4 Å². The molecule has 0 atom stereocenters. The molecule has 0 spiro atoms. The summed E-state index contributed by atoms with van der Waals surface area (Å²) in [6.45, 7) is 1.39. The Morgan fingerprint density at radius 3 is 1.70 bits per heavy atom. The van der Waals surface area contributed by atoms with Crippen molar-refractivity contribution in [3.63, 3.8) is 0 Å². The smallest absolute Gasteiger partial charge is 0.488 e. The molecule has 1 amide bonds. The van der Waals surface area contributed by atoms with E-state index in [1.807, 2.05) is 41.8 Å². The van der Waals surface area contributed by atoms with Gasteiger partial charge in [0.15, 0.2) is 5.13 Å². The number of rotatable bonds is 9. The van der Waals surface area contributed by atoms with Crippen molar-refractivity contribution in [2.75, 3.05) is 29.9 Å². The Balaban J connectivity index is 0.000000566. The van der Waals surface area contributed by atoms with Gasteiger partial charge in [0.2, 0.25) is 0 Å². The Bertz CT molecular complexity index is 1760. The molecule has 294 valence electrons. The van der Waals surface area contributed by atoms with E-state index in [0.717, 1.165) is 22.6 Å². The van der Waals surface area contributed by atoms with Crippen molar-refractivity contribution in [3.05, 3.63) is 83.4 Å². The number of aromatic nitrogens is 2. The number of benzene rings is 2. The third-order valence-corrected chi connectivity index (χ3v) is 6.20. The number of carbonyl (C=O) groups excluding carboxylic acids is 1. The van der Waals surface area contributed by atoms with Gasteiger partial charge in [0.1, 0.15) is 18.2 Å². The maximum Gasteiger partial charge on any atom is 0.490 e. The normalized spacial score (nSPS) is 10.8. The number of alkyl halides is 9. The van der Waals surface area contributed by atoms with Gasteiger partial charge in [0.05, 0.1) is 17.6 Å². The molecule has 0 fully saturated rings. The summed E-state index contributed by atoms with van der Waals surface area (Å²) in [7, 11) is 0. The van der Waals surface area contributed by atoms with Gasteiger partial charge in [-0.05, 0) is 42.0 Å². The number of hydrogen-bond donors (Lipinski definition) is 7. The Hall–Kier alpha value is -6.33. The first-order valence-electron chi connectivity index (χ1n) is 14.1. The molecule has 0 aliphatic heterocycles. The van der Waals surface area contributed by atoms with Crippen LogP contribution in [0.3, 0.4) is 0 Å². The standard InChI is InChI=1S/C24H24N6O2S.3C2HF3O2/c25-18-9-10-22(29-13-18)27-11-12-28-23(31)17-7-5-16(6-8-17)14-32-21-4-2-1-3-19(21)20-15-33-24(26)30-20;3*3-2(4,5)1(6)7/h1-10,13,15H,11-12,14,25H2,(H2,26,30)(H,27,29)(H,28,31);3*(H,6,7). The number of aliphatic carboxylic acids is 3. The number of para-hydroxylation sites is 1. The largest absolute Gasteiger partial charge is 0.490 e. The van der Waals surface area contributed by atoms with E-state index >= 15 is 0 Å². The molecule has 9 N–H and O–H groups in total. The molecule has 0 aliphatic carbocycles. The third-order valence-electron chi connectivity index (χ3n) is 5.53. The van der Waals surface area contributed by atoms with Gasteiger partial charge in [-0.1, -0.05) is 24.3 Å². The molecule has 0 saturated carbocycles. The van der Waals surface area contributed by atoms with Gasteiger partial charge in [0, 0.05) is 29.6 Å². The summed E-state index contributed by atoms with van der Waals surface area (Å²) in [4.78, 5) is 47.6. The number of ether oxygens (including phenoxy) is 1. The summed E-state index contributed by atoms with van der Waals surface area (Å²) < 4.78 is 101. The number of carbonyl (C=O) groups is 4. The Kier molecular flexibility index (Phi) is 17.5. The number of nitrogens with two attached hydrogens (primary N) is 2. The molecule has 2 aromatic heterocycles. The Labute approximate surface area is 301 Å². The second-order valence-electron chi connectivity index (χ2n) is 9.62. The minimum absolute atomic E-state index is 0.138. The third kappa shape index (κ3) is 17.7. The first kappa shape index (κ1) is 45.7. The van der Waals surface area contributed by atoms with E-state index in [1.54, 1.807) is 30.5 Å². The molecule has 0 aliphatic rings. The van der Waals surface area contributed by atoms with E-state index in [2.05, 4.69) is 20.6 Å². The number of nitrogens with zero attached hydrogens (tertiary/aromatic N) is 2. The van der Waals surface area contributed by atoms with E-state index in [1.165, 1.54) is 11.3 Å². The lowest BCUT2D eigenvalue weighted by Crippen LogP contribution is -2.28. The quantitative estimate of drug-likeness (QED) is 0.0796. The number of anilines is 3. The Morgan fingerprint density at radius 1 is 0.741 bits per heavy atom. The van der Waals surface area contributed by atoms with Crippen LogP contribution in [-0.4, -0.2) is 80.7 Å². The minimum atomic E-state index is -5.08. The molecule has 2 aromatic carbocycles. The van der Waals surface area contributed by atoms with Crippen molar-refractivity contribution in [2.24, 2.45) is 0 Å². The topological polar surface area (TPSA) is 240 Å². The molecule has 0 unspecified atom stereocenters. The fraction of sp³-hybridized carbons (Fsp3) is 0.200. The molecule has 0 saturated heterocycles. The van der Waals surface area contributed by atoms with Crippen LogP contribution < -0.4 is 26.8 Å². The zero-order chi connectivity index (χ0) is 41.3. The summed E-state index contributed by atoms with van der Waals surface area (Å²) in [5.74, 6) is -6.97. The average Bonchev–Trinajstić information content (AvgIpc) is 3.52. The zero-order valence-electron chi connectivity index (χ0n) is 26.8. The number of pyridine rings is 1. The van der Waals surface area contributed by atoms with Gasteiger partial charge < -0.3 is 42.2 Å². The van der Waals surface area contributed by atoms with Gasteiger partial charge in [-0.2, -0.15) is 39.5 Å². The van der Waals surface area contributed by atoms with Crippen LogP contribution in [0.15, 0.2) is 72.2 Å². The van der Waals surface area contributed by atoms with Crippen LogP contribution in [0.1, 0.15) is 15.9 Å². The molecule has 0 radical (unpaired) electrons. The van der Waals surface area contributed by atoms with Crippen LogP contribution in [0.5, 0.6) is 5.75 Å². The van der Waals surface area contributed by atoms with Crippen molar-refractivity contribution >= 4 is 51.8 Å². The lowest BCUT2D eigenvalue weighted by atomic mass is 10.1. The second kappa shape index (κ2) is 20.6. The van der Waals surface area contributed by atoms with Crippen molar-refractivity contribution in [2.45, 2.75) is 25.1 Å². The Morgan fingerprint density at radius 2 is 1.26 bits per heavy atom. The number of amides is 1.